The summed E-state index contributed by atoms with van der Waals surface area (Å²) in [6.45, 7) is 11.3. The summed E-state index contributed by atoms with van der Waals surface area (Å²) in [5.74, 6) is -0.281. The lowest BCUT2D eigenvalue weighted by molar-refractivity contribution is 0.0974. The van der Waals surface area contributed by atoms with E-state index in [1.165, 1.54) is 4.31 Å². The van der Waals surface area contributed by atoms with Crippen molar-refractivity contribution in [2.24, 2.45) is 0 Å². The standard InChI is InChI=1S/C18H27N3O3S/c1-11(2)14-7-8-16-15(9-14)10-17(19-16)18(22)20-25(23,24)21(12(3)4)13(5)6/h7-13,19H,1-6H3,(H,20,22). The Morgan fingerprint density at radius 3 is 2.16 bits per heavy atom. The highest BCUT2D eigenvalue weighted by Crippen LogP contribution is 2.22. The average Bonchev–Trinajstić information content (AvgIpc) is 2.88. The van der Waals surface area contributed by atoms with E-state index in [0.29, 0.717) is 5.92 Å². The third kappa shape index (κ3) is 4.22. The Labute approximate surface area is 149 Å². The summed E-state index contributed by atoms with van der Waals surface area (Å²) >= 11 is 0. The van der Waals surface area contributed by atoms with Crippen molar-refractivity contribution in [2.75, 3.05) is 0 Å². The molecular weight excluding hydrogens is 338 g/mol. The van der Waals surface area contributed by atoms with Gasteiger partial charge >= 0.3 is 10.2 Å². The predicted octanol–water partition coefficient (Wildman–Crippen LogP) is 3.38. The van der Waals surface area contributed by atoms with Crippen LogP contribution in [-0.2, 0) is 10.2 Å². The number of fused-ring (bicyclic) bond motifs is 1. The summed E-state index contributed by atoms with van der Waals surface area (Å²) in [6.07, 6.45) is 0. The van der Waals surface area contributed by atoms with Crippen LogP contribution in [0.2, 0.25) is 0 Å². The second kappa shape index (κ2) is 7.17. The van der Waals surface area contributed by atoms with Gasteiger partial charge in [0.15, 0.2) is 0 Å². The number of aromatic amines is 1. The van der Waals surface area contributed by atoms with Crippen molar-refractivity contribution < 1.29 is 13.2 Å². The molecule has 0 aliphatic carbocycles. The number of rotatable bonds is 6. The number of carbonyl (C=O) groups excluding carboxylic acids is 1. The van der Waals surface area contributed by atoms with Gasteiger partial charge in [0.25, 0.3) is 5.91 Å². The molecule has 1 amide bonds. The summed E-state index contributed by atoms with van der Waals surface area (Å²) < 4.78 is 28.5. The second-order valence-corrected chi connectivity index (χ2v) is 8.71. The molecule has 25 heavy (non-hydrogen) atoms. The van der Waals surface area contributed by atoms with Gasteiger partial charge in [-0.3, -0.25) is 4.79 Å². The zero-order valence-corrected chi connectivity index (χ0v) is 16.4. The monoisotopic (exact) mass is 365 g/mol. The average molecular weight is 365 g/mol. The Balaban J connectivity index is 2.30. The van der Waals surface area contributed by atoms with Crippen LogP contribution < -0.4 is 4.72 Å². The third-order valence-corrected chi connectivity index (χ3v) is 5.91. The highest BCUT2D eigenvalue weighted by molar-refractivity contribution is 7.87. The van der Waals surface area contributed by atoms with Crippen molar-refractivity contribution in [3.05, 3.63) is 35.5 Å². The summed E-state index contributed by atoms with van der Waals surface area (Å²) in [5, 5.41) is 0.887. The van der Waals surface area contributed by atoms with Crippen LogP contribution in [-0.4, -0.2) is 35.7 Å². The lowest BCUT2D eigenvalue weighted by Crippen LogP contribution is -2.49. The maximum Gasteiger partial charge on any atom is 0.304 e. The molecule has 1 aromatic heterocycles. The fraction of sp³-hybridized carbons (Fsp3) is 0.500. The first-order valence-electron chi connectivity index (χ1n) is 8.51. The molecule has 0 aliphatic rings. The molecule has 2 aromatic rings. The van der Waals surface area contributed by atoms with Crippen LogP contribution in [0.3, 0.4) is 0 Å². The van der Waals surface area contributed by atoms with E-state index in [1.54, 1.807) is 33.8 Å². The van der Waals surface area contributed by atoms with Crippen LogP contribution >= 0.6 is 0 Å². The topological polar surface area (TPSA) is 82.3 Å². The van der Waals surface area contributed by atoms with Crippen molar-refractivity contribution in [3.63, 3.8) is 0 Å². The van der Waals surface area contributed by atoms with Crippen LogP contribution in [0, 0.1) is 0 Å². The van der Waals surface area contributed by atoms with Crippen LogP contribution in [0.1, 0.15) is 63.5 Å². The van der Waals surface area contributed by atoms with E-state index in [-0.39, 0.29) is 17.8 Å². The van der Waals surface area contributed by atoms with E-state index in [9.17, 15) is 13.2 Å². The van der Waals surface area contributed by atoms with E-state index < -0.39 is 16.1 Å². The predicted molar refractivity (Wildman–Crippen MR) is 101 cm³/mol. The minimum atomic E-state index is -3.91. The lowest BCUT2D eigenvalue weighted by Gasteiger charge is -2.29. The van der Waals surface area contributed by atoms with Crippen LogP contribution in [0.4, 0.5) is 0 Å². The molecule has 0 unspecified atom stereocenters. The van der Waals surface area contributed by atoms with Gasteiger partial charge in [-0.1, -0.05) is 19.9 Å². The maximum absolute atomic E-state index is 12.5. The molecule has 1 heterocycles. The minimum Gasteiger partial charge on any atom is -0.350 e. The van der Waals surface area contributed by atoms with Gasteiger partial charge in [-0.2, -0.15) is 12.7 Å². The first-order valence-corrected chi connectivity index (χ1v) is 9.95. The van der Waals surface area contributed by atoms with E-state index in [0.717, 1.165) is 16.5 Å². The number of hydrogen-bond donors (Lipinski definition) is 2. The Morgan fingerprint density at radius 2 is 1.64 bits per heavy atom. The zero-order valence-electron chi connectivity index (χ0n) is 15.6. The fourth-order valence-corrected chi connectivity index (χ4v) is 4.57. The molecule has 0 radical (unpaired) electrons. The van der Waals surface area contributed by atoms with Crippen molar-refractivity contribution in [1.29, 1.82) is 0 Å². The number of nitrogens with zero attached hydrogens (tertiary/aromatic N) is 1. The van der Waals surface area contributed by atoms with Gasteiger partial charge in [-0.25, -0.2) is 4.72 Å². The Morgan fingerprint density at radius 1 is 1.04 bits per heavy atom. The Kier molecular flexibility index (Phi) is 5.58. The second-order valence-electron chi connectivity index (χ2n) is 7.14. The van der Waals surface area contributed by atoms with Gasteiger partial charge in [0.2, 0.25) is 0 Å². The molecular formula is C18H27N3O3S. The lowest BCUT2D eigenvalue weighted by atomic mass is 10.0. The summed E-state index contributed by atoms with van der Waals surface area (Å²) in [7, 11) is -3.91. The Hall–Kier alpha value is -1.86. The van der Waals surface area contributed by atoms with Crippen molar-refractivity contribution in [1.82, 2.24) is 14.0 Å². The number of carbonyl (C=O) groups is 1. The molecule has 0 fully saturated rings. The first kappa shape index (κ1) is 19.5. The van der Waals surface area contributed by atoms with Gasteiger partial charge in [0.05, 0.1) is 0 Å². The molecule has 0 bridgehead atoms. The van der Waals surface area contributed by atoms with E-state index in [1.807, 2.05) is 18.2 Å². The van der Waals surface area contributed by atoms with E-state index >= 15 is 0 Å². The van der Waals surface area contributed by atoms with Gasteiger partial charge in [0, 0.05) is 23.0 Å². The van der Waals surface area contributed by atoms with Crippen LogP contribution in [0.25, 0.3) is 10.9 Å². The molecule has 7 heteroatoms. The molecule has 2 N–H and O–H groups in total. The summed E-state index contributed by atoms with van der Waals surface area (Å²) in [5.41, 5.74) is 2.19. The Bertz CT molecular complexity index is 859. The number of amides is 1. The third-order valence-electron chi connectivity index (χ3n) is 4.07. The van der Waals surface area contributed by atoms with Gasteiger partial charge in [-0.05, 0) is 57.4 Å². The molecule has 0 saturated carbocycles. The van der Waals surface area contributed by atoms with Crippen molar-refractivity contribution in [2.45, 2.75) is 59.5 Å². The van der Waals surface area contributed by atoms with E-state index in [2.05, 4.69) is 23.6 Å². The normalized spacial score (nSPS) is 12.7. The van der Waals surface area contributed by atoms with Crippen molar-refractivity contribution in [3.8, 4) is 0 Å². The quantitative estimate of drug-likeness (QED) is 0.823. The molecule has 0 atom stereocenters. The number of hydrogen-bond acceptors (Lipinski definition) is 3. The molecule has 0 spiro atoms. The fourth-order valence-electron chi connectivity index (χ4n) is 3.01. The van der Waals surface area contributed by atoms with Crippen LogP contribution in [0.15, 0.2) is 24.3 Å². The van der Waals surface area contributed by atoms with Crippen molar-refractivity contribution >= 4 is 27.0 Å². The summed E-state index contributed by atoms with van der Waals surface area (Å²) in [4.78, 5) is 15.4. The first-order chi connectivity index (χ1) is 11.5. The highest BCUT2D eigenvalue weighted by atomic mass is 32.2. The van der Waals surface area contributed by atoms with Gasteiger partial charge < -0.3 is 4.98 Å². The number of aromatic nitrogens is 1. The van der Waals surface area contributed by atoms with Gasteiger partial charge in [-0.15, -0.1) is 0 Å². The largest absolute Gasteiger partial charge is 0.350 e. The smallest absolute Gasteiger partial charge is 0.304 e. The van der Waals surface area contributed by atoms with Gasteiger partial charge in [0.1, 0.15) is 5.69 Å². The molecule has 0 aliphatic heterocycles. The number of nitrogens with one attached hydrogen (secondary N) is 2. The molecule has 0 saturated heterocycles. The number of benzene rings is 1. The number of H-pyrrole nitrogens is 1. The van der Waals surface area contributed by atoms with E-state index in [4.69, 9.17) is 0 Å². The minimum absolute atomic E-state index is 0.229. The maximum atomic E-state index is 12.5. The molecule has 138 valence electrons. The molecule has 1 aromatic carbocycles. The SMILES string of the molecule is CC(C)c1ccc2[nH]c(C(=O)NS(=O)(=O)N(C(C)C)C(C)C)cc2c1. The van der Waals surface area contributed by atoms with Crippen LogP contribution in [0.5, 0.6) is 0 Å². The molecule has 2 rings (SSSR count). The zero-order chi connectivity index (χ0) is 18.9. The highest BCUT2D eigenvalue weighted by Gasteiger charge is 2.29. The summed E-state index contributed by atoms with van der Waals surface area (Å²) in [6, 6.07) is 7.10. The molecule has 6 nitrogen and oxygen atoms in total.